The first kappa shape index (κ1) is 27.0. The number of ether oxygens (including phenoxy) is 5. The second-order valence-electron chi connectivity index (χ2n) is 9.52. The molecule has 4 aromatic rings. The summed E-state index contributed by atoms with van der Waals surface area (Å²) in [6.45, 7) is 7.74. The first-order chi connectivity index (χ1) is 18.7. The maximum absolute atomic E-state index is 15.7. The van der Waals surface area contributed by atoms with E-state index in [2.05, 4.69) is 0 Å². The third-order valence-electron chi connectivity index (χ3n) is 6.86. The SMILES string of the molecule is COc1c(C)cc(P(=O)(c2cc(C)c(OC)c(C)c2)c2cc(Oc3ccccc3)c3c(c2Cl)OCO3)cc1C. The maximum Gasteiger partial charge on any atom is 0.231 e. The van der Waals surface area contributed by atoms with Gasteiger partial charge in [0.05, 0.1) is 19.2 Å². The third-order valence-corrected chi connectivity index (χ3v) is 10.4. The Morgan fingerprint density at radius 1 is 0.744 bits per heavy atom. The van der Waals surface area contributed by atoms with E-state index in [1.54, 1.807) is 20.3 Å². The first-order valence-electron chi connectivity index (χ1n) is 12.5. The van der Waals surface area contributed by atoms with Crippen molar-refractivity contribution in [2.24, 2.45) is 0 Å². The highest BCUT2D eigenvalue weighted by Crippen LogP contribution is 2.54. The number of hydrogen-bond acceptors (Lipinski definition) is 6. The molecule has 0 amide bonds. The molecule has 0 fully saturated rings. The van der Waals surface area contributed by atoms with Gasteiger partial charge in [0.1, 0.15) is 17.2 Å². The van der Waals surface area contributed by atoms with Gasteiger partial charge >= 0.3 is 0 Å². The Balaban J connectivity index is 1.83. The minimum atomic E-state index is -3.60. The van der Waals surface area contributed by atoms with Crippen molar-refractivity contribution in [3.8, 4) is 34.5 Å². The minimum Gasteiger partial charge on any atom is -0.496 e. The van der Waals surface area contributed by atoms with Crippen molar-refractivity contribution in [1.29, 1.82) is 0 Å². The summed E-state index contributed by atoms with van der Waals surface area (Å²) < 4.78 is 44.7. The van der Waals surface area contributed by atoms with Crippen molar-refractivity contribution in [1.82, 2.24) is 0 Å². The van der Waals surface area contributed by atoms with Crippen molar-refractivity contribution >= 4 is 34.7 Å². The Kier molecular flexibility index (Phi) is 7.28. The lowest BCUT2D eigenvalue weighted by Gasteiger charge is -2.25. The molecule has 1 aliphatic rings. The van der Waals surface area contributed by atoms with E-state index in [1.165, 1.54) is 0 Å². The topological polar surface area (TPSA) is 63.2 Å². The average molecular weight is 565 g/mol. The fourth-order valence-electron chi connectivity index (χ4n) is 5.20. The van der Waals surface area contributed by atoms with Crippen molar-refractivity contribution in [3.63, 3.8) is 0 Å². The molecule has 4 aromatic carbocycles. The number of fused-ring (bicyclic) bond motifs is 1. The highest BCUT2D eigenvalue weighted by molar-refractivity contribution is 7.85. The van der Waals surface area contributed by atoms with Crippen LogP contribution in [-0.2, 0) is 4.57 Å². The molecule has 6 nitrogen and oxygen atoms in total. The average Bonchev–Trinajstić information content (AvgIpc) is 3.41. The van der Waals surface area contributed by atoms with Gasteiger partial charge in [-0.3, -0.25) is 0 Å². The molecule has 0 aliphatic carbocycles. The summed E-state index contributed by atoms with van der Waals surface area (Å²) in [4.78, 5) is 0. The number of aryl methyl sites for hydroxylation is 4. The second-order valence-corrected chi connectivity index (χ2v) is 12.6. The Morgan fingerprint density at radius 3 is 1.72 bits per heavy atom. The first-order valence-corrected chi connectivity index (χ1v) is 14.5. The van der Waals surface area contributed by atoms with E-state index in [-0.39, 0.29) is 11.8 Å². The van der Waals surface area contributed by atoms with E-state index >= 15 is 4.57 Å². The second kappa shape index (κ2) is 10.5. The van der Waals surface area contributed by atoms with Crippen molar-refractivity contribution in [2.45, 2.75) is 27.7 Å². The molecule has 1 aliphatic heterocycles. The van der Waals surface area contributed by atoms with Crippen LogP contribution in [0.15, 0.2) is 60.7 Å². The van der Waals surface area contributed by atoms with Gasteiger partial charge in [-0.2, -0.15) is 0 Å². The van der Waals surface area contributed by atoms with E-state index < -0.39 is 7.14 Å². The molecule has 8 heteroatoms. The Morgan fingerprint density at radius 2 is 1.23 bits per heavy atom. The zero-order chi connectivity index (χ0) is 27.9. The normalized spacial score (nSPS) is 12.4. The fourth-order valence-corrected chi connectivity index (χ4v) is 8.79. The van der Waals surface area contributed by atoms with Crippen LogP contribution in [0.25, 0.3) is 0 Å². The molecule has 0 saturated heterocycles. The van der Waals surface area contributed by atoms with Gasteiger partial charge in [-0.1, -0.05) is 29.8 Å². The molecule has 0 radical (unpaired) electrons. The maximum atomic E-state index is 15.7. The molecule has 39 heavy (non-hydrogen) atoms. The molecule has 0 N–H and O–H groups in total. The predicted octanol–water partition coefficient (Wildman–Crippen LogP) is 6.75. The quantitative estimate of drug-likeness (QED) is 0.231. The fraction of sp³-hybridized carbons (Fsp3) is 0.226. The van der Waals surface area contributed by atoms with Crippen LogP contribution >= 0.6 is 18.7 Å². The van der Waals surface area contributed by atoms with Crippen LogP contribution < -0.4 is 39.6 Å². The van der Waals surface area contributed by atoms with Crippen LogP contribution in [0.1, 0.15) is 22.3 Å². The molecule has 0 spiro atoms. The Labute approximate surface area is 233 Å². The Bertz CT molecular complexity index is 1510. The number of rotatable bonds is 7. The highest BCUT2D eigenvalue weighted by atomic mass is 35.5. The Hall–Kier alpha value is -3.60. The highest BCUT2D eigenvalue weighted by Gasteiger charge is 2.38. The van der Waals surface area contributed by atoms with Crippen molar-refractivity contribution in [2.75, 3.05) is 21.0 Å². The molecule has 0 atom stereocenters. The van der Waals surface area contributed by atoms with Gasteiger partial charge in [0.2, 0.25) is 12.5 Å². The molecule has 202 valence electrons. The number of hydrogen-bond donors (Lipinski definition) is 0. The number of methoxy groups -OCH3 is 2. The van der Waals surface area contributed by atoms with E-state index in [9.17, 15) is 0 Å². The van der Waals surface area contributed by atoms with Gasteiger partial charge < -0.3 is 28.2 Å². The lowest BCUT2D eigenvalue weighted by atomic mass is 10.1. The van der Waals surface area contributed by atoms with Crippen LogP contribution in [0, 0.1) is 27.7 Å². The molecule has 0 bridgehead atoms. The summed E-state index contributed by atoms with van der Waals surface area (Å²) in [7, 11) is -0.342. The van der Waals surface area contributed by atoms with E-state index in [0.29, 0.717) is 38.9 Å². The van der Waals surface area contributed by atoms with Crippen LogP contribution in [-0.4, -0.2) is 21.0 Å². The molecular weight excluding hydrogens is 535 g/mol. The lowest BCUT2D eigenvalue weighted by Crippen LogP contribution is -2.27. The molecule has 0 unspecified atom stereocenters. The summed E-state index contributed by atoms with van der Waals surface area (Å²) in [5.41, 5.74) is 3.47. The zero-order valence-corrected chi connectivity index (χ0v) is 24.4. The van der Waals surface area contributed by atoms with Gasteiger partial charge in [0, 0.05) is 15.9 Å². The minimum absolute atomic E-state index is 0.0184. The van der Waals surface area contributed by atoms with E-state index in [1.807, 2.05) is 82.3 Å². The van der Waals surface area contributed by atoms with Gasteiger partial charge in [-0.15, -0.1) is 0 Å². The van der Waals surface area contributed by atoms with Crippen LogP contribution in [0.5, 0.6) is 34.5 Å². The molecule has 0 aromatic heterocycles. The van der Waals surface area contributed by atoms with Gasteiger partial charge in [0.25, 0.3) is 0 Å². The summed E-state index contributed by atoms with van der Waals surface area (Å²) >= 11 is 7.01. The predicted molar refractivity (Wildman–Crippen MR) is 156 cm³/mol. The standard InChI is InChI=1S/C31H30ClO6P/c1-18-12-23(13-19(2)28(18)34-5)39(33,24-14-20(3)29(35-6)21(4)15-24)26-16-25(38-22-10-8-7-9-11-22)30-31(27(26)32)37-17-36-30/h7-16H,17H2,1-6H3. The third kappa shape index (κ3) is 4.62. The van der Waals surface area contributed by atoms with Crippen LogP contribution in [0.2, 0.25) is 5.02 Å². The van der Waals surface area contributed by atoms with Crippen LogP contribution in [0.3, 0.4) is 0 Å². The van der Waals surface area contributed by atoms with Crippen LogP contribution in [0.4, 0.5) is 0 Å². The lowest BCUT2D eigenvalue weighted by molar-refractivity contribution is 0.172. The summed E-state index contributed by atoms with van der Waals surface area (Å²) in [6.07, 6.45) is 0. The molecule has 0 saturated carbocycles. The summed E-state index contributed by atoms with van der Waals surface area (Å²) in [5, 5.41) is 1.86. The molecular formula is C31H30ClO6P. The van der Waals surface area contributed by atoms with Crippen molar-refractivity contribution < 1.29 is 28.2 Å². The summed E-state index contributed by atoms with van der Waals surface area (Å²) in [6, 6.07) is 18.7. The molecule has 5 rings (SSSR count). The number of para-hydroxylation sites is 1. The van der Waals surface area contributed by atoms with E-state index in [0.717, 1.165) is 33.8 Å². The zero-order valence-electron chi connectivity index (χ0n) is 22.8. The van der Waals surface area contributed by atoms with Gasteiger partial charge in [-0.05, 0) is 92.4 Å². The largest absolute Gasteiger partial charge is 0.496 e. The van der Waals surface area contributed by atoms with Gasteiger partial charge in [0.15, 0.2) is 18.6 Å². The number of benzene rings is 4. The van der Waals surface area contributed by atoms with Gasteiger partial charge in [-0.25, -0.2) is 0 Å². The summed E-state index contributed by atoms with van der Waals surface area (Å²) in [5.74, 6) is 3.16. The molecule has 1 heterocycles. The number of halogens is 1. The van der Waals surface area contributed by atoms with Crippen molar-refractivity contribution in [3.05, 3.63) is 87.9 Å². The smallest absolute Gasteiger partial charge is 0.231 e. The monoisotopic (exact) mass is 564 g/mol. The van der Waals surface area contributed by atoms with E-state index in [4.69, 9.17) is 35.3 Å².